The standard InChI is InChI=1S/C19H13ClFIN4O5S/c20-14-8-11(22)1-6-15(14)25-18-10(9-27)7-16(26(28)29)19(17(18)21)24-12-2-4-13(5-3-12)32(23,30)31/h1-9,24-25H,(H2,23,30,31). The van der Waals surface area contributed by atoms with E-state index in [9.17, 15) is 23.3 Å². The fourth-order valence-corrected chi connectivity index (χ4v) is 4.15. The zero-order chi connectivity index (χ0) is 23.6. The number of hydrogen-bond acceptors (Lipinski definition) is 7. The van der Waals surface area contributed by atoms with Crippen molar-refractivity contribution in [1.82, 2.24) is 0 Å². The van der Waals surface area contributed by atoms with Gasteiger partial charge in [0.1, 0.15) is 0 Å². The molecule has 0 fully saturated rings. The van der Waals surface area contributed by atoms with Crippen molar-refractivity contribution in [2.24, 2.45) is 5.14 Å². The Morgan fingerprint density at radius 3 is 2.28 bits per heavy atom. The molecule has 166 valence electrons. The number of nitro benzene ring substituents is 1. The number of anilines is 4. The van der Waals surface area contributed by atoms with Gasteiger partial charge in [0.25, 0.3) is 5.69 Å². The largest absolute Gasteiger partial charge is 0.351 e. The molecule has 0 unspecified atom stereocenters. The summed E-state index contributed by atoms with van der Waals surface area (Å²) in [4.78, 5) is 22.0. The van der Waals surface area contributed by atoms with Gasteiger partial charge in [-0.15, -0.1) is 0 Å². The molecule has 32 heavy (non-hydrogen) atoms. The highest BCUT2D eigenvalue weighted by Gasteiger charge is 2.26. The van der Waals surface area contributed by atoms with Crippen LogP contribution in [0.1, 0.15) is 10.4 Å². The van der Waals surface area contributed by atoms with Crippen molar-refractivity contribution >= 4 is 78.9 Å². The van der Waals surface area contributed by atoms with Gasteiger partial charge in [-0.3, -0.25) is 14.9 Å². The summed E-state index contributed by atoms with van der Waals surface area (Å²) >= 11 is 8.21. The predicted molar refractivity (Wildman–Crippen MR) is 127 cm³/mol. The third kappa shape index (κ3) is 5.15. The lowest BCUT2D eigenvalue weighted by atomic mass is 10.1. The Morgan fingerprint density at radius 2 is 1.75 bits per heavy atom. The normalized spacial score (nSPS) is 11.1. The van der Waals surface area contributed by atoms with E-state index in [1.807, 2.05) is 22.6 Å². The van der Waals surface area contributed by atoms with Crippen LogP contribution in [0.2, 0.25) is 5.02 Å². The van der Waals surface area contributed by atoms with Crippen LogP contribution in [0.25, 0.3) is 0 Å². The predicted octanol–water partition coefficient (Wildman–Crippen LogP) is 4.94. The van der Waals surface area contributed by atoms with Gasteiger partial charge in [-0.05, 0) is 65.1 Å². The molecule has 0 saturated carbocycles. The van der Waals surface area contributed by atoms with E-state index in [4.69, 9.17) is 16.7 Å². The molecule has 0 atom stereocenters. The van der Waals surface area contributed by atoms with Crippen molar-refractivity contribution in [2.75, 3.05) is 10.6 Å². The number of benzene rings is 3. The van der Waals surface area contributed by atoms with Crippen LogP contribution in [0.15, 0.2) is 53.4 Å². The zero-order valence-electron chi connectivity index (χ0n) is 15.8. The fourth-order valence-electron chi connectivity index (χ4n) is 2.74. The lowest BCUT2D eigenvalue weighted by Gasteiger charge is -2.16. The Labute approximate surface area is 200 Å². The molecule has 13 heteroatoms. The average Bonchev–Trinajstić information content (AvgIpc) is 2.72. The van der Waals surface area contributed by atoms with Crippen LogP contribution in [0.5, 0.6) is 0 Å². The van der Waals surface area contributed by atoms with Crippen molar-refractivity contribution in [1.29, 1.82) is 0 Å². The van der Waals surface area contributed by atoms with E-state index in [-0.39, 0.29) is 38.8 Å². The Bertz CT molecular complexity index is 1340. The van der Waals surface area contributed by atoms with Crippen molar-refractivity contribution in [3.63, 3.8) is 0 Å². The van der Waals surface area contributed by atoms with Crippen LogP contribution in [0, 0.1) is 19.5 Å². The van der Waals surface area contributed by atoms with Crippen LogP contribution >= 0.6 is 34.2 Å². The minimum Gasteiger partial charge on any atom is -0.351 e. The maximum Gasteiger partial charge on any atom is 0.296 e. The number of carbonyl (C=O) groups excluding carboxylic acids is 1. The van der Waals surface area contributed by atoms with Crippen molar-refractivity contribution < 1.29 is 22.5 Å². The molecule has 0 radical (unpaired) electrons. The molecule has 0 aromatic heterocycles. The maximum absolute atomic E-state index is 15.4. The number of rotatable bonds is 7. The highest BCUT2D eigenvalue weighted by Crippen LogP contribution is 2.39. The minimum absolute atomic E-state index is 0.150. The number of sulfonamides is 1. The maximum atomic E-state index is 15.4. The Hall–Kier alpha value is -2.81. The number of halogens is 3. The topological polar surface area (TPSA) is 144 Å². The van der Waals surface area contributed by atoms with Crippen LogP contribution in [-0.4, -0.2) is 19.6 Å². The van der Waals surface area contributed by atoms with Gasteiger partial charge in [0.05, 0.1) is 26.2 Å². The van der Waals surface area contributed by atoms with E-state index < -0.39 is 32.1 Å². The fraction of sp³-hybridized carbons (Fsp3) is 0. The first-order chi connectivity index (χ1) is 15.0. The summed E-state index contributed by atoms with van der Waals surface area (Å²) in [6.45, 7) is 0. The number of nitro groups is 1. The van der Waals surface area contributed by atoms with Gasteiger partial charge in [0.15, 0.2) is 17.8 Å². The van der Waals surface area contributed by atoms with Gasteiger partial charge in [-0.25, -0.2) is 17.9 Å². The van der Waals surface area contributed by atoms with E-state index in [2.05, 4.69) is 10.6 Å². The molecular formula is C19H13ClFIN4O5S. The number of nitrogens with one attached hydrogen (secondary N) is 2. The van der Waals surface area contributed by atoms with Gasteiger partial charge in [-0.1, -0.05) is 11.6 Å². The number of nitrogens with two attached hydrogens (primary N) is 1. The average molecular weight is 591 g/mol. The first-order valence-electron chi connectivity index (χ1n) is 8.59. The molecule has 3 aromatic carbocycles. The van der Waals surface area contributed by atoms with Gasteiger partial charge >= 0.3 is 0 Å². The lowest BCUT2D eigenvalue weighted by Crippen LogP contribution is -2.12. The lowest BCUT2D eigenvalue weighted by molar-refractivity contribution is -0.384. The third-order valence-corrected chi connectivity index (χ3v) is 6.16. The highest BCUT2D eigenvalue weighted by atomic mass is 127. The van der Waals surface area contributed by atoms with Crippen molar-refractivity contribution in [3.05, 3.63) is 78.6 Å². The van der Waals surface area contributed by atoms with E-state index in [0.29, 0.717) is 0 Å². The monoisotopic (exact) mass is 590 g/mol. The van der Waals surface area contributed by atoms with Gasteiger partial charge in [0.2, 0.25) is 10.0 Å². The summed E-state index contributed by atoms with van der Waals surface area (Å²) < 4.78 is 39.1. The van der Waals surface area contributed by atoms with Crippen LogP contribution < -0.4 is 15.8 Å². The minimum atomic E-state index is -3.95. The molecule has 0 aliphatic carbocycles. The van der Waals surface area contributed by atoms with Crippen molar-refractivity contribution in [2.45, 2.75) is 4.90 Å². The second-order valence-electron chi connectivity index (χ2n) is 6.37. The Balaban J connectivity index is 2.11. The summed E-state index contributed by atoms with van der Waals surface area (Å²) in [5.41, 5.74) is -1.41. The number of primary sulfonamides is 1. The van der Waals surface area contributed by atoms with E-state index in [1.165, 1.54) is 12.1 Å². The molecule has 0 aliphatic heterocycles. The molecule has 3 aromatic rings. The molecule has 0 amide bonds. The highest BCUT2D eigenvalue weighted by molar-refractivity contribution is 14.1. The SMILES string of the molecule is NS(=O)(=O)c1ccc(Nc2c([N+](=O)[O-])cc(C=O)c(Nc3ccc(I)cc3Cl)c2F)cc1. The number of hydrogen-bond donors (Lipinski definition) is 3. The second kappa shape index (κ2) is 9.36. The first-order valence-corrected chi connectivity index (χ1v) is 11.6. The summed E-state index contributed by atoms with van der Waals surface area (Å²) in [5, 5.41) is 22.1. The molecule has 3 rings (SSSR count). The van der Waals surface area contributed by atoms with E-state index >= 15 is 4.39 Å². The molecule has 9 nitrogen and oxygen atoms in total. The van der Waals surface area contributed by atoms with Gasteiger partial charge in [0, 0.05) is 20.9 Å². The summed E-state index contributed by atoms with van der Waals surface area (Å²) in [5.74, 6) is -1.11. The van der Waals surface area contributed by atoms with Crippen LogP contribution in [-0.2, 0) is 10.0 Å². The first kappa shape index (κ1) is 23.8. The van der Waals surface area contributed by atoms with Crippen LogP contribution in [0.3, 0.4) is 0 Å². The number of nitrogens with zero attached hydrogens (tertiary/aromatic N) is 1. The molecule has 4 N–H and O–H groups in total. The summed E-state index contributed by atoms with van der Waals surface area (Å²) in [6.07, 6.45) is 0.281. The Kier molecular flexibility index (Phi) is 6.97. The molecule has 0 aliphatic rings. The smallest absolute Gasteiger partial charge is 0.296 e. The number of aldehydes is 1. The molecule has 0 saturated heterocycles. The second-order valence-corrected chi connectivity index (χ2v) is 9.58. The summed E-state index contributed by atoms with van der Waals surface area (Å²) in [6, 6.07) is 10.6. The van der Waals surface area contributed by atoms with Gasteiger partial charge in [-0.2, -0.15) is 0 Å². The molecular weight excluding hydrogens is 578 g/mol. The number of carbonyl (C=O) groups is 1. The van der Waals surface area contributed by atoms with E-state index in [0.717, 1.165) is 21.8 Å². The zero-order valence-corrected chi connectivity index (χ0v) is 19.5. The Morgan fingerprint density at radius 1 is 1.09 bits per heavy atom. The molecule has 0 heterocycles. The molecule has 0 bridgehead atoms. The summed E-state index contributed by atoms with van der Waals surface area (Å²) in [7, 11) is -3.95. The van der Waals surface area contributed by atoms with E-state index in [1.54, 1.807) is 18.2 Å². The third-order valence-electron chi connectivity index (χ3n) is 4.24. The van der Waals surface area contributed by atoms with Crippen LogP contribution in [0.4, 0.5) is 32.8 Å². The van der Waals surface area contributed by atoms with Crippen molar-refractivity contribution in [3.8, 4) is 0 Å². The van der Waals surface area contributed by atoms with Gasteiger partial charge < -0.3 is 10.6 Å². The molecule has 0 spiro atoms. The quantitative estimate of drug-likeness (QED) is 0.153.